The zero-order valence-electron chi connectivity index (χ0n) is 19.0. The third kappa shape index (κ3) is 5.78. The van der Waals surface area contributed by atoms with Crippen LogP contribution in [0, 0.1) is 0 Å². The lowest BCUT2D eigenvalue weighted by molar-refractivity contribution is 0.190. The molecular formula is C29H31N3O. The van der Waals surface area contributed by atoms with Gasteiger partial charge in [-0.1, -0.05) is 60.7 Å². The Bertz CT molecular complexity index is 1150. The highest BCUT2D eigenvalue weighted by atomic mass is 16.5. The summed E-state index contributed by atoms with van der Waals surface area (Å²) >= 11 is 0. The van der Waals surface area contributed by atoms with Crippen LogP contribution in [-0.2, 0) is 19.7 Å². The van der Waals surface area contributed by atoms with Crippen molar-refractivity contribution in [2.75, 3.05) is 13.1 Å². The molecule has 0 aliphatic carbocycles. The van der Waals surface area contributed by atoms with Crippen LogP contribution in [0.2, 0.25) is 0 Å². The Balaban J connectivity index is 1.07. The number of pyridine rings is 1. The summed E-state index contributed by atoms with van der Waals surface area (Å²) in [5.41, 5.74) is 4.86. The van der Waals surface area contributed by atoms with E-state index >= 15 is 0 Å². The number of rotatable bonds is 8. The van der Waals surface area contributed by atoms with Crippen LogP contribution in [0.25, 0.3) is 10.9 Å². The van der Waals surface area contributed by atoms with Gasteiger partial charge in [0.05, 0.1) is 5.52 Å². The Kier molecular flexibility index (Phi) is 6.95. The van der Waals surface area contributed by atoms with Gasteiger partial charge in [0.2, 0.25) is 0 Å². The lowest BCUT2D eigenvalue weighted by atomic mass is 10.0. The molecule has 0 amide bonds. The van der Waals surface area contributed by atoms with Crippen molar-refractivity contribution < 1.29 is 4.74 Å². The molecule has 33 heavy (non-hydrogen) atoms. The largest absolute Gasteiger partial charge is 0.489 e. The molecule has 1 N–H and O–H groups in total. The molecule has 1 saturated heterocycles. The SMILES string of the molecule is c1ccc(CN2CCC(NCc3ccc(OCc4ccnc5ccccc45)cc3)CC2)cc1. The molecule has 3 aromatic carbocycles. The smallest absolute Gasteiger partial charge is 0.119 e. The molecule has 1 aromatic heterocycles. The summed E-state index contributed by atoms with van der Waals surface area (Å²) in [5.74, 6) is 0.897. The predicted molar refractivity (Wildman–Crippen MR) is 134 cm³/mol. The maximum atomic E-state index is 6.06. The van der Waals surface area contributed by atoms with Gasteiger partial charge in [-0.2, -0.15) is 0 Å². The quantitative estimate of drug-likeness (QED) is 0.391. The number of likely N-dealkylation sites (tertiary alicyclic amines) is 1. The summed E-state index contributed by atoms with van der Waals surface area (Å²) in [6.45, 7) is 4.82. The second-order valence-corrected chi connectivity index (χ2v) is 8.84. The maximum absolute atomic E-state index is 6.06. The average molecular weight is 438 g/mol. The van der Waals surface area contributed by atoms with E-state index in [2.05, 4.69) is 75.9 Å². The van der Waals surface area contributed by atoms with Crippen molar-refractivity contribution >= 4 is 10.9 Å². The standard InChI is InChI=1S/C29H31N3O/c1-2-6-24(7-3-1)21-32-18-15-26(16-19-32)31-20-23-10-12-27(13-11-23)33-22-25-14-17-30-29-9-5-4-8-28(25)29/h1-14,17,26,31H,15-16,18-22H2. The molecule has 4 nitrogen and oxygen atoms in total. The van der Waals surface area contributed by atoms with Crippen LogP contribution in [0.1, 0.15) is 29.5 Å². The summed E-state index contributed by atoms with van der Waals surface area (Å²) in [5, 5.41) is 4.89. The molecule has 4 heteroatoms. The van der Waals surface area contributed by atoms with E-state index in [4.69, 9.17) is 4.74 Å². The third-order valence-corrected chi connectivity index (χ3v) is 6.49. The van der Waals surface area contributed by atoms with Gasteiger partial charge in [0.1, 0.15) is 12.4 Å². The molecule has 168 valence electrons. The Hall–Kier alpha value is -3.21. The second-order valence-electron chi connectivity index (χ2n) is 8.84. The van der Waals surface area contributed by atoms with Crippen molar-refractivity contribution in [3.05, 3.63) is 108 Å². The maximum Gasteiger partial charge on any atom is 0.119 e. The van der Waals surface area contributed by atoms with Crippen LogP contribution in [-0.4, -0.2) is 29.0 Å². The van der Waals surface area contributed by atoms with E-state index in [0.717, 1.165) is 48.4 Å². The van der Waals surface area contributed by atoms with Gasteiger partial charge in [-0.3, -0.25) is 9.88 Å². The average Bonchev–Trinajstić information content (AvgIpc) is 2.88. The fourth-order valence-electron chi connectivity index (χ4n) is 4.54. The van der Waals surface area contributed by atoms with E-state index < -0.39 is 0 Å². The molecule has 1 aliphatic heterocycles. The molecule has 0 unspecified atom stereocenters. The first-order chi connectivity index (χ1) is 16.3. The molecular weight excluding hydrogens is 406 g/mol. The highest BCUT2D eigenvalue weighted by Crippen LogP contribution is 2.20. The summed E-state index contributed by atoms with van der Waals surface area (Å²) in [6.07, 6.45) is 4.25. The molecule has 2 heterocycles. The van der Waals surface area contributed by atoms with Crippen LogP contribution >= 0.6 is 0 Å². The minimum atomic E-state index is 0.544. The fraction of sp³-hybridized carbons (Fsp3) is 0.276. The van der Waals surface area contributed by atoms with E-state index in [1.165, 1.54) is 24.0 Å². The molecule has 1 fully saturated rings. The number of hydrogen-bond donors (Lipinski definition) is 1. The molecule has 5 rings (SSSR count). The number of benzene rings is 3. The lowest BCUT2D eigenvalue weighted by Gasteiger charge is -2.32. The number of hydrogen-bond acceptors (Lipinski definition) is 4. The number of aromatic nitrogens is 1. The topological polar surface area (TPSA) is 37.4 Å². The number of nitrogens with zero attached hydrogens (tertiary/aromatic N) is 2. The van der Waals surface area contributed by atoms with Crippen molar-refractivity contribution in [2.45, 2.75) is 38.6 Å². The Morgan fingerprint density at radius 1 is 0.818 bits per heavy atom. The van der Waals surface area contributed by atoms with Crippen molar-refractivity contribution in [3.63, 3.8) is 0 Å². The molecule has 0 bridgehead atoms. The molecule has 0 atom stereocenters. The van der Waals surface area contributed by atoms with Crippen molar-refractivity contribution in [1.82, 2.24) is 15.2 Å². The van der Waals surface area contributed by atoms with Crippen LogP contribution in [0.5, 0.6) is 5.75 Å². The van der Waals surface area contributed by atoms with Crippen LogP contribution in [0.3, 0.4) is 0 Å². The number of nitrogens with one attached hydrogen (secondary N) is 1. The summed E-state index contributed by atoms with van der Waals surface area (Å²) in [4.78, 5) is 6.99. The van der Waals surface area contributed by atoms with Crippen molar-refractivity contribution in [1.29, 1.82) is 0 Å². The van der Waals surface area contributed by atoms with Crippen LogP contribution in [0.4, 0.5) is 0 Å². The lowest BCUT2D eigenvalue weighted by Crippen LogP contribution is -2.41. The summed E-state index contributed by atoms with van der Waals surface area (Å²) < 4.78 is 6.06. The monoisotopic (exact) mass is 437 g/mol. The first kappa shape index (κ1) is 21.6. The van der Waals surface area contributed by atoms with Crippen LogP contribution < -0.4 is 10.1 Å². The second kappa shape index (κ2) is 10.6. The van der Waals surface area contributed by atoms with Gasteiger partial charge in [0.15, 0.2) is 0 Å². The van der Waals surface area contributed by atoms with E-state index in [1.807, 2.05) is 30.5 Å². The van der Waals surface area contributed by atoms with E-state index in [9.17, 15) is 0 Å². The Labute approximate surface area is 196 Å². The van der Waals surface area contributed by atoms with Gasteiger partial charge >= 0.3 is 0 Å². The molecule has 0 saturated carbocycles. The fourth-order valence-corrected chi connectivity index (χ4v) is 4.54. The third-order valence-electron chi connectivity index (χ3n) is 6.49. The van der Waals surface area contributed by atoms with Crippen molar-refractivity contribution in [2.24, 2.45) is 0 Å². The molecule has 0 radical (unpaired) electrons. The highest BCUT2D eigenvalue weighted by molar-refractivity contribution is 5.81. The normalized spacial score (nSPS) is 15.0. The van der Waals surface area contributed by atoms with Crippen LogP contribution in [0.15, 0.2) is 91.1 Å². The minimum Gasteiger partial charge on any atom is -0.489 e. The molecule has 1 aliphatic rings. The van der Waals surface area contributed by atoms with Gasteiger partial charge in [0, 0.05) is 36.3 Å². The predicted octanol–water partition coefficient (Wildman–Crippen LogP) is 5.57. The summed E-state index contributed by atoms with van der Waals surface area (Å²) in [7, 11) is 0. The zero-order chi connectivity index (χ0) is 22.3. The number of ether oxygens (including phenoxy) is 1. The Morgan fingerprint density at radius 3 is 2.39 bits per heavy atom. The minimum absolute atomic E-state index is 0.544. The van der Waals surface area contributed by atoms with Crippen molar-refractivity contribution in [3.8, 4) is 5.75 Å². The van der Waals surface area contributed by atoms with E-state index in [1.54, 1.807) is 0 Å². The Morgan fingerprint density at radius 2 is 1.58 bits per heavy atom. The van der Waals surface area contributed by atoms with Gasteiger partial charge in [-0.25, -0.2) is 0 Å². The number of fused-ring (bicyclic) bond motifs is 1. The number of piperidine rings is 1. The van der Waals surface area contributed by atoms with Gasteiger partial charge in [-0.15, -0.1) is 0 Å². The first-order valence-corrected chi connectivity index (χ1v) is 11.9. The van der Waals surface area contributed by atoms with Gasteiger partial charge < -0.3 is 10.1 Å². The molecule has 0 spiro atoms. The summed E-state index contributed by atoms with van der Waals surface area (Å²) in [6, 6.07) is 30.1. The first-order valence-electron chi connectivity index (χ1n) is 11.9. The van der Waals surface area contributed by atoms with E-state index in [0.29, 0.717) is 12.6 Å². The highest BCUT2D eigenvalue weighted by Gasteiger charge is 2.18. The van der Waals surface area contributed by atoms with Gasteiger partial charge in [0.25, 0.3) is 0 Å². The van der Waals surface area contributed by atoms with E-state index in [-0.39, 0.29) is 0 Å². The molecule has 4 aromatic rings. The van der Waals surface area contributed by atoms with Gasteiger partial charge in [-0.05, 0) is 61.3 Å². The zero-order valence-corrected chi connectivity index (χ0v) is 19.0. The number of para-hydroxylation sites is 1.